The van der Waals surface area contributed by atoms with Crippen LogP contribution >= 0.6 is 0 Å². The lowest BCUT2D eigenvalue weighted by Crippen LogP contribution is -1.89. The molecule has 0 atom stereocenters. The Labute approximate surface area is 105 Å². The van der Waals surface area contributed by atoms with Crippen molar-refractivity contribution in [2.75, 3.05) is 0 Å². The minimum atomic E-state index is -0.227. The number of halogens is 1. The van der Waals surface area contributed by atoms with Crippen molar-refractivity contribution in [1.82, 2.24) is 9.78 Å². The molecule has 1 aromatic heterocycles. The molecule has 0 spiro atoms. The van der Waals surface area contributed by atoms with E-state index in [-0.39, 0.29) is 5.82 Å². The molecule has 0 saturated carbocycles. The quantitative estimate of drug-likeness (QED) is 0.634. The zero-order valence-electron chi connectivity index (χ0n) is 10.3. The summed E-state index contributed by atoms with van der Waals surface area (Å²) >= 11 is 0. The molecule has 3 aromatic rings. The molecule has 0 saturated heterocycles. The van der Waals surface area contributed by atoms with Gasteiger partial charge in [0, 0.05) is 18.0 Å². The molecule has 3 heteroatoms. The summed E-state index contributed by atoms with van der Waals surface area (Å²) in [7, 11) is 1.92. The van der Waals surface area contributed by atoms with Gasteiger partial charge in [0.2, 0.25) is 0 Å². The molecule has 0 aliphatic carbocycles. The minimum Gasteiger partial charge on any atom is -0.267 e. The second-order valence-corrected chi connectivity index (χ2v) is 4.50. The Morgan fingerprint density at radius 1 is 1.06 bits per heavy atom. The van der Waals surface area contributed by atoms with E-state index >= 15 is 0 Å². The highest BCUT2D eigenvalue weighted by Crippen LogP contribution is 2.28. The number of aromatic nitrogens is 2. The fourth-order valence-corrected chi connectivity index (χ4v) is 2.20. The third-order valence-electron chi connectivity index (χ3n) is 3.12. The number of hydrogen-bond donors (Lipinski definition) is 0. The van der Waals surface area contributed by atoms with Gasteiger partial charge < -0.3 is 0 Å². The molecule has 0 N–H and O–H groups in total. The second-order valence-electron chi connectivity index (χ2n) is 4.50. The summed E-state index contributed by atoms with van der Waals surface area (Å²) in [6.07, 6.45) is 0. The first-order valence-electron chi connectivity index (χ1n) is 5.84. The largest absolute Gasteiger partial charge is 0.267 e. The standard InChI is InChI=1S/C15H13FN2/c1-10-3-8-14-13(9-10)15(17-18(14)2)11-4-6-12(16)7-5-11/h3-9H,1-2H3. The first-order valence-corrected chi connectivity index (χ1v) is 5.84. The summed E-state index contributed by atoms with van der Waals surface area (Å²) in [5.74, 6) is -0.227. The van der Waals surface area contributed by atoms with Crippen LogP contribution in [0.25, 0.3) is 22.2 Å². The van der Waals surface area contributed by atoms with Gasteiger partial charge in [0.15, 0.2) is 0 Å². The highest BCUT2D eigenvalue weighted by atomic mass is 19.1. The van der Waals surface area contributed by atoms with E-state index in [1.807, 2.05) is 11.7 Å². The molecule has 0 unspecified atom stereocenters. The number of benzene rings is 2. The number of nitrogens with zero attached hydrogens (tertiary/aromatic N) is 2. The normalized spacial score (nSPS) is 11.1. The maximum Gasteiger partial charge on any atom is 0.123 e. The highest BCUT2D eigenvalue weighted by Gasteiger charge is 2.10. The molecule has 0 bridgehead atoms. The van der Waals surface area contributed by atoms with Gasteiger partial charge in [-0.1, -0.05) is 11.6 Å². The van der Waals surface area contributed by atoms with Gasteiger partial charge in [-0.3, -0.25) is 4.68 Å². The summed E-state index contributed by atoms with van der Waals surface area (Å²) < 4.78 is 14.8. The minimum absolute atomic E-state index is 0.227. The number of rotatable bonds is 1. The molecular formula is C15H13FN2. The Bertz CT molecular complexity index is 711. The molecule has 1 heterocycles. The number of fused-ring (bicyclic) bond motifs is 1. The average Bonchev–Trinajstić information content (AvgIpc) is 2.67. The van der Waals surface area contributed by atoms with Gasteiger partial charge in [-0.2, -0.15) is 5.10 Å². The maximum absolute atomic E-state index is 13.0. The Kier molecular flexibility index (Phi) is 2.40. The molecule has 3 rings (SSSR count). The van der Waals surface area contributed by atoms with Gasteiger partial charge in [-0.15, -0.1) is 0 Å². The van der Waals surface area contributed by atoms with E-state index in [4.69, 9.17) is 0 Å². The first kappa shape index (κ1) is 11.0. The van der Waals surface area contributed by atoms with Crippen LogP contribution in [0.15, 0.2) is 42.5 Å². The molecule has 0 aliphatic rings. The lowest BCUT2D eigenvalue weighted by molar-refractivity contribution is 0.628. The van der Waals surface area contributed by atoms with Gasteiger partial charge in [0.1, 0.15) is 11.5 Å². The van der Waals surface area contributed by atoms with Gasteiger partial charge in [-0.25, -0.2) is 4.39 Å². The molecule has 0 radical (unpaired) electrons. The van der Waals surface area contributed by atoms with Crippen molar-refractivity contribution in [3.63, 3.8) is 0 Å². The summed E-state index contributed by atoms with van der Waals surface area (Å²) in [5, 5.41) is 5.63. The predicted molar refractivity (Wildman–Crippen MR) is 70.8 cm³/mol. The summed E-state index contributed by atoms with van der Waals surface area (Å²) in [6.45, 7) is 2.06. The Balaban J connectivity index is 2.28. The first-order chi connectivity index (χ1) is 8.65. The van der Waals surface area contributed by atoms with Crippen LogP contribution in [-0.2, 0) is 7.05 Å². The Morgan fingerprint density at radius 3 is 2.50 bits per heavy atom. The van der Waals surface area contributed by atoms with Crippen LogP contribution in [0, 0.1) is 12.7 Å². The van der Waals surface area contributed by atoms with Gasteiger partial charge in [-0.05, 0) is 43.3 Å². The molecule has 2 nitrogen and oxygen atoms in total. The van der Waals surface area contributed by atoms with Crippen LogP contribution < -0.4 is 0 Å². The molecule has 0 aliphatic heterocycles. The van der Waals surface area contributed by atoms with Crippen LogP contribution in [0.1, 0.15) is 5.56 Å². The monoisotopic (exact) mass is 240 g/mol. The van der Waals surface area contributed by atoms with E-state index < -0.39 is 0 Å². The van der Waals surface area contributed by atoms with Crippen LogP contribution in [0.4, 0.5) is 4.39 Å². The molecule has 0 amide bonds. The number of aryl methyl sites for hydroxylation is 2. The van der Waals surface area contributed by atoms with Crippen LogP contribution in [0.2, 0.25) is 0 Å². The van der Waals surface area contributed by atoms with E-state index in [0.29, 0.717) is 0 Å². The zero-order valence-corrected chi connectivity index (χ0v) is 10.3. The van der Waals surface area contributed by atoms with Crippen LogP contribution in [0.3, 0.4) is 0 Å². The maximum atomic E-state index is 13.0. The molecular weight excluding hydrogens is 227 g/mol. The molecule has 90 valence electrons. The number of hydrogen-bond acceptors (Lipinski definition) is 1. The SMILES string of the molecule is Cc1ccc2c(c1)c(-c1ccc(F)cc1)nn2C. The van der Waals surface area contributed by atoms with Crippen molar-refractivity contribution in [2.24, 2.45) is 7.05 Å². The van der Waals surface area contributed by atoms with E-state index in [1.54, 1.807) is 12.1 Å². The van der Waals surface area contributed by atoms with Crippen molar-refractivity contribution < 1.29 is 4.39 Å². The van der Waals surface area contributed by atoms with Crippen LogP contribution in [-0.4, -0.2) is 9.78 Å². The zero-order chi connectivity index (χ0) is 12.7. The Hall–Kier alpha value is -2.16. The average molecular weight is 240 g/mol. The fourth-order valence-electron chi connectivity index (χ4n) is 2.20. The lowest BCUT2D eigenvalue weighted by atomic mass is 10.1. The molecule has 2 aromatic carbocycles. The summed E-state index contributed by atoms with van der Waals surface area (Å²) in [5.41, 5.74) is 4.11. The second kappa shape index (κ2) is 3.95. The lowest BCUT2D eigenvalue weighted by Gasteiger charge is -1.98. The van der Waals surface area contributed by atoms with Crippen molar-refractivity contribution in [1.29, 1.82) is 0 Å². The highest BCUT2D eigenvalue weighted by molar-refractivity contribution is 5.93. The van der Waals surface area contributed by atoms with E-state index in [2.05, 4.69) is 30.2 Å². The van der Waals surface area contributed by atoms with Gasteiger partial charge in [0.05, 0.1) is 5.52 Å². The Morgan fingerprint density at radius 2 is 1.78 bits per heavy atom. The van der Waals surface area contributed by atoms with Gasteiger partial charge >= 0.3 is 0 Å². The molecule has 18 heavy (non-hydrogen) atoms. The van der Waals surface area contributed by atoms with Gasteiger partial charge in [0.25, 0.3) is 0 Å². The van der Waals surface area contributed by atoms with E-state index in [0.717, 1.165) is 22.2 Å². The predicted octanol–water partition coefficient (Wildman–Crippen LogP) is 3.69. The van der Waals surface area contributed by atoms with Crippen molar-refractivity contribution in [3.8, 4) is 11.3 Å². The summed E-state index contributed by atoms with van der Waals surface area (Å²) in [4.78, 5) is 0. The third-order valence-corrected chi connectivity index (χ3v) is 3.12. The smallest absolute Gasteiger partial charge is 0.123 e. The van der Waals surface area contributed by atoms with Crippen molar-refractivity contribution >= 4 is 10.9 Å². The van der Waals surface area contributed by atoms with Crippen LogP contribution in [0.5, 0.6) is 0 Å². The van der Waals surface area contributed by atoms with E-state index in [1.165, 1.54) is 17.7 Å². The van der Waals surface area contributed by atoms with Crippen molar-refractivity contribution in [2.45, 2.75) is 6.92 Å². The topological polar surface area (TPSA) is 17.8 Å². The summed E-state index contributed by atoms with van der Waals surface area (Å²) in [6, 6.07) is 12.7. The third kappa shape index (κ3) is 1.68. The molecule has 0 fully saturated rings. The van der Waals surface area contributed by atoms with E-state index in [9.17, 15) is 4.39 Å². The van der Waals surface area contributed by atoms with Crippen molar-refractivity contribution in [3.05, 3.63) is 53.8 Å². The fraction of sp³-hybridized carbons (Fsp3) is 0.133.